The van der Waals surface area contributed by atoms with Gasteiger partial charge in [-0.3, -0.25) is 0 Å². The van der Waals surface area contributed by atoms with E-state index < -0.39 is 0 Å². The summed E-state index contributed by atoms with van der Waals surface area (Å²) in [6, 6.07) is 10.4. The molecule has 0 radical (unpaired) electrons. The molecule has 3 aliphatic heterocycles. The number of fused-ring (bicyclic) bond motifs is 5. The molecule has 4 aliphatic rings. The minimum atomic E-state index is -0.117. The smallest absolute Gasteiger partial charge is 0.231 e. The summed E-state index contributed by atoms with van der Waals surface area (Å²) in [5.74, 6) is 3.70. The third kappa shape index (κ3) is 2.13. The van der Waals surface area contributed by atoms with Crippen LogP contribution in [0, 0.1) is 0 Å². The summed E-state index contributed by atoms with van der Waals surface area (Å²) in [5, 5.41) is 0. The molecule has 0 N–H and O–H groups in total. The van der Waals surface area contributed by atoms with Crippen LogP contribution in [0.3, 0.4) is 0 Å². The summed E-state index contributed by atoms with van der Waals surface area (Å²) in [7, 11) is 0. The molecule has 2 aromatic rings. The van der Waals surface area contributed by atoms with Crippen LogP contribution in [-0.4, -0.2) is 19.7 Å². The molecule has 1 fully saturated rings. The van der Waals surface area contributed by atoms with E-state index in [4.69, 9.17) is 23.7 Å². The van der Waals surface area contributed by atoms with Gasteiger partial charge in [0.05, 0.1) is 6.10 Å². The van der Waals surface area contributed by atoms with E-state index in [0.717, 1.165) is 35.0 Å². The molecule has 0 saturated heterocycles. The normalized spacial score (nSPS) is 27.8. The molecule has 0 spiro atoms. The van der Waals surface area contributed by atoms with Crippen LogP contribution in [0.2, 0.25) is 0 Å². The van der Waals surface area contributed by atoms with Crippen molar-refractivity contribution in [3.8, 4) is 23.0 Å². The summed E-state index contributed by atoms with van der Waals surface area (Å²) in [6.07, 6.45) is 4.91. The van der Waals surface area contributed by atoms with Crippen molar-refractivity contribution >= 4 is 0 Å². The zero-order valence-corrected chi connectivity index (χ0v) is 14.4. The number of rotatable bonds is 1. The lowest BCUT2D eigenvalue weighted by Crippen LogP contribution is -2.33. The van der Waals surface area contributed by atoms with Gasteiger partial charge < -0.3 is 23.7 Å². The van der Waals surface area contributed by atoms with Gasteiger partial charge in [0.2, 0.25) is 13.6 Å². The molecule has 5 heteroatoms. The van der Waals surface area contributed by atoms with Crippen LogP contribution < -0.4 is 18.9 Å². The van der Waals surface area contributed by atoms with Gasteiger partial charge >= 0.3 is 0 Å². The monoisotopic (exact) mass is 352 g/mol. The molecule has 0 bridgehead atoms. The van der Waals surface area contributed by atoms with Gasteiger partial charge in [-0.1, -0.05) is 18.9 Å². The molecule has 3 heterocycles. The first-order chi connectivity index (χ1) is 12.9. The van der Waals surface area contributed by atoms with Gasteiger partial charge in [-0.2, -0.15) is 0 Å². The Morgan fingerprint density at radius 1 is 0.692 bits per heavy atom. The average molecular weight is 352 g/mol. The lowest BCUT2D eigenvalue weighted by Gasteiger charge is -2.41. The van der Waals surface area contributed by atoms with Crippen LogP contribution in [0.4, 0.5) is 0 Å². The number of ether oxygens (including phenoxy) is 5. The zero-order chi connectivity index (χ0) is 17.1. The van der Waals surface area contributed by atoms with Crippen LogP contribution in [-0.2, 0) is 4.74 Å². The van der Waals surface area contributed by atoms with Crippen molar-refractivity contribution in [1.29, 1.82) is 0 Å². The van der Waals surface area contributed by atoms with Crippen molar-refractivity contribution in [2.45, 2.75) is 43.8 Å². The Kier molecular flexibility index (Phi) is 3.14. The Balaban J connectivity index is 1.49. The summed E-state index contributed by atoms with van der Waals surface area (Å²) < 4.78 is 28.9. The lowest BCUT2D eigenvalue weighted by molar-refractivity contribution is -0.0390. The van der Waals surface area contributed by atoms with Gasteiger partial charge in [-0.05, 0) is 53.8 Å². The predicted molar refractivity (Wildman–Crippen MR) is 93.1 cm³/mol. The average Bonchev–Trinajstić information content (AvgIpc) is 3.33. The first-order valence-electron chi connectivity index (χ1n) is 9.35. The molecule has 6 rings (SSSR count). The fraction of sp³-hybridized carbons (Fsp3) is 0.429. The Bertz CT molecular complexity index is 877. The maximum atomic E-state index is 6.63. The first-order valence-corrected chi connectivity index (χ1v) is 9.35. The van der Waals surface area contributed by atoms with E-state index in [1.165, 1.54) is 30.4 Å². The maximum Gasteiger partial charge on any atom is 0.231 e. The van der Waals surface area contributed by atoms with Gasteiger partial charge in [0.1, 0.15) is 6.10 Å². The number of hydrogen-bond acceptors (Lipinski definition) is 5. The molecule has 0 aromatic heterocycles. The standard InChI is InChI=1S/C21H20O5/c1-2-4-16-13(3-1)14-8-19-20(25-11-24-19)9-15(14)21(26-16)12-5-6-17-18(7-12)23-10-22-17/h5-9,13,16,21H,1-4,10-11H2/t13-,16+,21+/m1/s1. The zero-order valence-electron chi connectivity index (χ0n) is 14.4. The van der Waals surface area contributed by atoms with E-state index >= 15 is 0 Å². The van der Waals surface area contributed by atoms with Crippen LogP contribution in [0.25, 0.3) is 0 Å². The molecular weight excluding hydrogens is 332 g/mol. The third-order valence-corrected chi connectivity index (χ3v) is 5.97. The quantitative estimate of drug-likeness (QED) is 0.766. The van der Waals surface area contributed by atoms with Crippen molar-refractivity contribution in [3.05, 3.63) is 47.0 Å². The highest BCUT2D eigenvalue weighted by Gasteiger charge is 2.39. The Morgan fingerprint density at radius 3 is 2.23 bits per heavy atom. The topological polar surface area (TPSA) is 46.2 Å². The SMILES string of the molecule is c1cc2c(cc1[C@@H]1O[C@H]3CCCC[C@@H]3c3cc4c(cc31)OCO4)OCO2. The molecule has 0 unspecified atom stereocenters. The van der Waals surface area contributed by atoms with Crippen molar-refractivity contribution < 1.29 is 23.7 Å². The summed E-state index contributed by atoms with van der Waals surface area (Å²) in [5.41, 5.74) is 3.64. The van der Waals surface area contributed by atoms with E-state index in [1.807, 2.05) is 12.1 Å². The van der Waals surface area contributed by atoms with E-state index in [0.29, 0.717) is 12.7 Å². The van der Waals surface area contributed by atoms with Gasteiger partial charge in [0, 0.05) is 5.92 Å². The highest BCUT2D eigenvalue weighted by molar-refractivity contribution is 5.55. The minimum Gasteiger partial charge on any atom is -0.454 e. The number of benzene rings is 2. The van der Waals surface area contributed by atoms with Crippen molar-refractivity contribution in [2.24, 2.45) is 0 Å². The Hall–Kier alpha value is -2.40. The van der Waals surface area contributed by atoms with Crippen LogP contribution in [0.5, 0.6) is 23.0 Å². The molecule has 1 saturated carbocycles. The molecular formula is C21H20O5. The predicted octanol–water partition coefficient (Wildman–Crippen LogP) is 4.29. The molecule has 26 heavy (non-hydrogen) atoms. The largest absolute Gasteiger partial charge is 0.454 e. The minimum absolute atomic E-state index is 0.117. The fourth-order valence-corrected chi connectivity index (χ4v) is 4.72. The molecule has 1 aliphatic carbocycles. The van der Waals surface area contributed by atoms with Gasteiger partial charge in [-0.15, -0.1) is 0 Å². The third-order valence-electron chi connectivity index (χ3n) is 5.97. The van der Waals surface area contributed by atoms with Gasteiger partial charge in [0.15, 0.2) is 23.0 Å². The summed E-state index contributed by atoms with van der Waals surface area (Å²) in [4.78, 5) is 0. The molecule has 134 valence electrons. The highest BCUT2D eigenvalue weighted by atomic mass is 16.7. The van der Waals surface area contributed by atoms with Crippen molar-refractivity contribution in [3.63, 3.8) is 0 Å². The second-order valence-corrected chi connectivity index (χ2v) is 7.39. The van der Waals surface area contributed by atoms with E-state index in [9.17, 15) is 0 Å². The maximum absolute atomic E-state index is 6.63. The van der Waals surface area contributed by atoms with E-state index in [1.54, 1.807) is 0 Å². The van der Waals surface area contributed by atoms with Gasteiger partial charge in [-0.25, -0.2) is 0 Å². The highest BCUT2D eigenvalue weighted by Crippen LogP contribution is 2.51. The lowest BCUT2D eigenvalue weighted by atomic mass is 9.76. The van der Waals surface area contributed by atoms with E-state index in [-0.39, 0.29) is 19.0 Å². The summed E-state index contributed by atoms with van der Waals surface area (Å²) in [6.45, 7) is 0.576. The van der Waals surface area contributed by atoms with E-state index in [2.05, 4.69) is 18.2 Å². The second-order valence-electron chi connectivity index (χ2n) is 7.39. The second kappa shape index (κ2) is 5.55. The Labute approximate surface area is 151 Å². The van der Waals surface area contributed by atoms with Crippen LogP contribution >= 0.6 is 0 Å². The fourth-order valence-electron chi connectivity index (χ4n) is 4.72. The molecule has 0 amide bonds. The van der Waals surface area contributed by atoms with Gasteiger partial charge in [0.25, 0.3) is 0 Å². The summed E-state index contributed by atoms with van der Waals surface area (Å²) >= 11 is 0. The first kappa shape index (κ1) is 14.7. The molecule has 2 aromatic carbocycles. The van der Waals surface area contributed by atoms with Crippen molar-refractivity contribution in [1.82, 2.24) is 0 Å². The Morgan fingerprint density at radius 2 is 1.38 bits per heavy atom. The van der Waals surface area contributed by atoms with Crippen LogP contribution in [0.15, 0.2) is 30.3 Å². The van der Waals surface area contributed by atoms with Crippen molar-refractivity contribution in [2.75, 3.05) is 13.6 Å². The molecule has 5 nitrogen and oxygen atoms in total. The van der Waals surface area contributed by atoms with Crippen LogP contribution in [0.1, 0.15) is 54.4 Å². The molecule has 3 atom stereocenters. The number of hydrogen-bond donors (Lipinski definition) is 0.